The number of nitrogens with zero attached hydrogens (tertiary/aromatic N) is 4. The quantitative estimate of drug-likeness (QED) is 0.707. The van der Waals surface area contributed by atoms with E-state index >= 15 is 0 Å². The summed E-state index contributed by atoms with van der Waals surface area (Å²) in [5.41, 5.74) is 6.93. The van der Waals surface area contributed by atoms with Crippen molar-refractivity contribution in [3.63, 3.8) is 0 Å². The summed E-state index contributed by atoms with van der Waals surface area (Å²) in [4.78, 5) is 19.9. The van der Waals surface area contributed by atoms with Gasteiger partial charge >= 0.3 is 5.97 Å². The van der Waals surface area contributed by atoms with Crippen LogP contribution >= 0.6 is 0 Å². The lowest BCUT2D eigenvalue weighted by molar-refractivity contribution is 0.0601. The Balaban J connectivity index is 1.86. The van der Waals surface area contributed by atoms with Crippen molar-refractivity contribution < 1.29 is 9.53 Å². The third kappa shape index (κ3) is 3.10. The number of pyridine rings is 1. The zero-order valence-electron chi connectivity index (χ0n) is 12.3. The normalized spacial score (nSPS) is 10.3. The molecule has 3 rings (SSSR count). The van der Waals surface area contributed by atoms with Crippen LogP contribution in [0.1, 0.15) is 10.4 Å². The first kappa shape index (κ1) is 14.5. The molecule has 2 heterocycles. The van der Waals surface area contributed by atoms with E-state index in [1.165, 1.54) is 11.8 Å². The molecule has 23 heavy (non-hydrogen) atoms. The summed E-state index contributed by atoms with van der Waals surface area (Å²) in [6, 6.07) is 12.2. The van der Waals surface area contributed by atoms with Crippen LogP contribution in [0.5, 0.6) is 0 Å². The summed E-state index contributed by atoms with van der Waals surface area (Å²) >= 11 is 0. The molecule has 116 valence electrons. The lowest BCUT2D eigenvalue weighted by Crippen LogP contribution is -2.04. The summed E-state index contributed by atoms with van der Waals surface area (Å²) in [6.45, 7) is 0. The topological polar surface area (TPSA) is 108 Å². The Kier molecular flexibility index (Phi) is 3.88. The molecule has 0 fully saturated rings. The number of hydrogen-bond donors (Lipinski definition) is 2. The second kappa shape index (κ2) is 6.14. The third-order valence-electron chi connectivity index (χ3n) is 3.04. The van der Waals surface area contributed by atoms with Gasteiger partial charge in [0.1, 0.15) is 0 Å². The van der Waals surface area contributed by atoms with Crippen molar-refractivity contribution in [2.75, 3.05) is 18.2 Å². The van der Waals surface area contributed by atoms with Crippen molar-refractivity contribution in [3.05, 3.63) is 54.2 Å². The average molecular weight is 310 g/mol. The number of hydrogen-bond acceptors (Lipinski definition) is 7. The maximum absolute atomic E-state index is 11.5. The smallest absolute Gasteiger partial charge is 0.337 e. The van der Waals surface area contributed by atoms with Crippen LogP contribution in [0.4, 0.5) is 17.6 Å². The monoisotopic (exact) mass is 310 g/mol. The molecule has 0 aliphatic carbocycles. The molecule has 0 unspecified atom stereocenters. The first-order valence-corrected chi connectivity index (χ1v) is 6.77. The Bertz CT molecular complexity index is 831. The number of carbonyl (C=O) groups is 1. The van der Waals surface area contributed by atoms with Gasteiger partial charge in [-0.25, -0.2) is 9.78 Å². The van der Waals surface area contributed by atoms with E-state index in [2.05, 4.69) is 20.4 Å². The molecular formula is C15H14N6O2. The van der Waals surface area contributed by atoms with Gasteiger partial charge in [-0.2, -0.15) is 9.67 Å². The molecule has 0 saturated carbocycles. The number of anilines is 3. The van der Waals surface area contributed by atoms with Gasteiger partial charge in [-0.1, -0.05) is 12.1 Å². The van der Waals surface area contributed by atoms with Crippen molar-refractivity contribution in [1.29, 1.82) is 0 Å². The maximum Gasteiger partial charge on any atom is 0.337 e. The Hall–Kier alpha value is -3.42. The average Bonchev–Trinajstić information content (AvgIpc) is 2.95. The maximum atomic E-state index is 11.5. The summed E-state index contributed by atoms with van der Waals surface area (Å²) in [6.07, 6.45) is 1.64. The third-order valence-corrected chi connectivity index (χ3v) is 3.04. The highest BCUT2D eigenvalue weighted by molar-refractivity contribution is 5.90. The van der Waals surface area contributed by atoms with Gasteiger partial charge in [0.2, 0.25) is 11.9 Å². The highest BCUT2D eigenvalue weighted by Gasteiger charge is 2.11. The van der Waals surface area contributed by atoms with Gasteiger partial charge in [-0.3, -0.25) is 0 Å². The van der Waals surface area contributed by atoms with Crippen LogP contribution in [0.15, 0.2) is 48.7 Å². The fourth-order valence-electron chi connectivity index (χ4n) is 2.00. The van der Waals surface area contributed by atoms with Crippen LogP contribution in [0, 0.1) is 0 Å². The molecule has 0 atom stereocenters. The molecule has 3 N–H and O–H groups in total. The zero-order chi connectivity index (χ0) is 16.2. The molecule has 3 aromatic rings. The van der Waals surface area contributed by atoms with Crippen molar-refractivity contribution in [2.45, 2.75) is 0 Å². The molecule has 0 saturated heterocycles. The molecule has 2 aromatic heterocycles. The number of nitrogens with two attached hydrogens (primary N) is 1. The number of rotatable bonds is 4. The van der Waals surface area contributed by atoms with Gasteiger partial charge in [-0.05, 0) is 30.3 Å². The van der Waals surface area contributed by atoms with E-state index in [0.717, 1.165) is 0 Å². The standard InChI is InChI=1S/C15H14N6O2/c1-23-13(22)10-5-4-6-11(9-10)18-15-19-14(16)21(20-15)12-7-2-3-8-17-12/h2-9H,1H3,(H3,16,18,19,20). The van der Waals surface area contributed by atoms with Crippen LogP contribution in [0.2, 0.25) is 0 Å². The minimum Gasteiger partial charge on any atom is -0.465 e. The van der Waals surface area contributed by atoms with Gasteiger partial charge in [0, 0.05) is 11.9 Å². The largest absolute Gasteiger partial charge is 0.465 e. The summed E-state index contributed by atoms with van der Waals surface area (Å²) in [7, 11) is 1.33. The van der Waals surface area contributed by atoms with E-state index in [9.17, 15) is 4.79 Å². The first-order chi connectivity index (χ1) is 11.2. The SMILES string of the molecule is COC(=O)c1cccc(Nc2nc(N)n(-c3ccccn3)n2)c1. The predicted molar refractivity (Wildman–Crippen MR) is 84.6 cm³/mol. The predicted octanol–water partition coefficient (Wildman–Crippen LogP) is 1.77. The highest BCUT2D eigenvalue weighted by Crippen LogP contribution is 2.18. The van der Waals surface area contributed by atoms with E-state index in [1.807, 2.05) is 6.07 Å². The number of ether oxygens (including phenoxy) is 1. The van der Waals surface area contributed by atoms with Crippen molar-refractivity contribution in [2.24, 2.45) is 0 Å². The second-order valence-corrected chi connectivity index (χ2v) is 4.59. The number of methoxy groups -OCH3 is 1. The Morgan fingerprint density at radius 1 is 1.26 bits per heavy atom. The molecule has 0 bridgehead atoms. The van der Waals surface area contributed by atoms with Gasteiger partial charge in [-0.15, -0.1) is 5.10 Å². The van der Waals surface area contributed by atoms with Gasteiger partial charge < -0.3 is 15.8 Å². The summed E-state index contributed by atoms with van der Waals surface area (Å²) in [5.74, 6) is 0.652. The minimum atomic E-state index is -0.417. The van der Waals surface area contributed by atoms with E-state index in [4.69, 9.17) is 10.5 Å². The van der Waals surface area contributed by atoms with Crippen LogP contribution in [-0.2, 0) is 4.74 Å². The van der Waals surface area contributed by atoms with Crippen molar-refractivity contribution in [1.82, 2.24) is 19.7 Å². The van der Waals surface area contributed by atoms with Crippen LogP contribution in [0.3, 0.4) is 0 Å². The fraction of sp³-hybridized carbons (Fsp3) is 0.0667. The number of aromatic nitrogens is 4. The zero-order valence-corrected chi connectivity index (χ0v) is 12.3. The van der Waals surface area contributed by atoms with E-state index in [1.54, 1.807) is 42.6 Å². The molecular weight excluding hydrogens is 296 g/mol. The van der Waals surface area contributed by atoms with E-state index in [-0.39, 0.29) is 5.95 Å². The van der Waals surface area contributed by atoms with Crippen molar-refractivity contribution in [3.8, 4) is 5.82 Å². The molecule has 0 aliphatic heterocycles. The van der Waals surface area contributed by atoms with Crippen molar-refractivity contribution >= 4 is 23.6 Å². The molecule has 1 aromatic carbocycles. The number of nitrogens with one attached hydrogen (secondary N) is 1. The lowest BCUT2D eigenvalue weighted by atomic mass is 10.2. The fourth-order valence-corrected chi connectivity index (χ4v) is 2.00. The molecule has 8 heteroatoms. The lowest BCUT2D eigenvalue weighted by Gasteiger charge is -2.04. The number of carbonyl (C=O) groups excluding carboxylic acids is 1. The van der Waals surface area contributed by atoms with Crippen LogP contribution in [-0.4, -0.2) is 32.8 Å². The first-order valence-electron chi connectivity index (χ1n) is 6.77. The second-order valence-electron chi connectivity index (χ2n) is 4.59. The van der Waals surface area contributed by atoms with E-state index in [0.29, 0.717) is 23.0 Å². The molecule has 8 nitrogen and oxygen atoms in total. The van der Waals surface area contributed by atoms with Crippen LogP contribution < -0.4 is 11.1 Å². The molecule has 0 amide bonds. The number of benzene rings is 1. The van der Waals surface area contributed by atoms with Gasteiger partial charge in [0.05, 0.1) is 12.7 Å². The number of nitrogen functional groups attached to an aromatic ring is 1. The van der Waals surface area contributed by atoms with E-state index < -0.39 is 5.97 Å². The van der Waals surface area contributed by atoms with Crippen LogP contribution in [0.25, 0.3) is 5.82 Å². The molecule has 0 aliphatic rings. The molecule has 0 spiro atoms. The summed E-state index contributed by atoms with van der Waals surface area (Å²) < 4.78 is 6.12. The summed E-state index contributed by atoms with van der Waals surface area (Å²) in [5, 5.41) is 7.26. The number of esters is 1. The Morgan fingerprint density at radius 2 is 2.13 bits per heavy atom. The highest BCUT2D eigenvalue weighted by atomic mass is 16.5. The van der Waals surface area contributed by atoms with Gasteiger partial charge in [0.25, 0.3) is 0 Å². The molecule has 0 radical (unpaired) electrons. The van der Waals surface area contributed by atoms with Gasteiger partial charge in [0.15, 0.2) is 5.82 Å². The Labute approximate surface area is 131 Å². The minimum absolute atomic E-state index is 0.204. The Morgan fingerprint density at radius 3 is 2.87 bits per heavy atom.